The predicted molar refractivity (Wildman–Crippen MR) is 155 cm³/mol. The highest BCUT2D eigenvalue weighted by Gasteiger charge is 2.38. The van der Waals surface area contributed by atoms with Gasteiger partial charge in [-0.3, -0.25) is 14.4 Å². The lowest BCUT2D eigenvalue weighted by Crippen LogP contribution is -2.55. The van der Waals surface area contributed by atoms with E-state index in [9.17, 15) is 19.2 Å². The van der Waals surface area contributed by atoms with Crippen molar-refractivity contribution in [3.05, 3.63) is 65.2 Å². The number of nitrogens with one attached hydrogen (secondary N) is 2. The standard InChI is InChI=1S/C31H40N4O5/c1-8-21(4)35(29(38)25(18-19-26(32)36)34-30(39)40-31(5,6)7)27(23-16-14-22(9-2)15-17-23)28(37)33-24-13-11-10-12-20(24)3/h2,10-17,21,25,27H,8,18-19H2,1,3-7H3,(H2,32,36)(H,33,37)(H,34,39). The average molecular weight is 549 g/mol. The van der Waals surface area contributed by atoms with Crippen LogP contribution < -0.4 is 16.4 Å². The average Bonchev–Trinajstić information content (AvgIpc) is 2.89. The fourth-order valence-corrected chi connectivity index (χ4v) is 4.08. The lowest BCUT2D eigenvalue weighted by molar-refractivity contribution is -0.143. The highest BCUT2D eigenvalue weighted by atomic mass is 16.6. The number of terminal acetylenes is 1. The molecule has 40 heavy (non-hydrogen) atoms. The van der Waals surface area contributed by atoms with E-state index in [0.29, 0.717) is 23.2 Å². The van der Waals surface area contributed by atoms with E-state index in [2.05, 4.69) is 16.6 Å². The van der Waals surface area contributed by atoms with Gasteiger partial charge < -0.3 is 26.0 Å². The van der Waals surface area contributed by atoms with Gasteiger partial charge in [0.15, 0.2) is 0 Å². The van der Waals surface area contributed by atoms with Crippen LogP contribution in [0.15, 0.2) is 48.5 Å². The van der Waals surface area contributed by atoms with Crippen LogP contribution in [0, 0.1) is 19.3 Å². The fraction of sp³-hybridized carbons (Fsp3) is 0.419. The van der Waals surface area contributed by atoms with Crippen LogP contribution in [0.4, 0.5) is 10.5 Å². The number of nitrogens with zero attached hydrogens (tertiary/aromatic N) is 1. The molecule has 0 aliphatic carbocycles. The molecule has 0 saturated carbocycles. The van der Waals surface area contributed by atoms with E-state index in [0.717, 1.165) is 5.56 Å². The number of para-hydroxylation sites is 1. The van der Waals surface area contributed by atoms with E-state index in [1.165, 1.54) is 4.90 Å². The molecule has 3 unspecified atom stereocenters. The zero-order chi connectivity index (χ0) is 30.0. The van der Waals surface area contributed by atoms with Crippen molar-refractivity contribution in [3.63, 3.8) is 0 Å². The number of ether oxygens (including phenoxy) is 1. The van der Waals surface area contributed by atoms with E-state index in [4.69, 9.17) is 16.9 Å². The first-order chi connectivity index (χ1) is 18.8. The molecule has 0 radical (unpaired) electrons. The zero-order valence-electron chi connectivity index (χ0n) is 24.1. The molecule has 4 N–H and O–H groups in total. The molecule has 0 fully saturated rings. The summed E-state index contributed by atoms with van der Waals surface area (Å²) in [7, 11) is 0. The second kappa shape index (κ2) is 14.2. The monoisotopic (exact) mass is 548 g/mol. The molecule has 2 aromatic carbocycles. The number of anilines is 1. The maximum Gasteiger partial charge on any atom is 0.408 e. The van der Waals surface area contributed by atoms with Crippen molar-refractivity contribution in [2.45, 2.75) is 84.5 Å². The number of alkyl carbamates (subject to hydrolysis) is 1. The van der Waals surface area contributed by atoms with Crippen molar-refractivity contribution in [2.75, 3.05) is 5.32 Å². The Hall–Kier alpha value is -4.32. The lowest BCUT2D eigenvalue weighted by atomic mass is 9.97. The number of aryl methyl sites for hydroxylation is 1. The number of rotatable bonds is 11. The van der Waals surface area contributed by atoms with Gasteiger partial charge in [0.05, 0.1) is 0 Å². The van der Waals surface area contributed by atoms with Crippen LogP contribution in [0.3, 0.4) is 0 Å². The first-order valence-electron chi connectivity index (χ1n) is 13.3. The first kappa shape index (κ1) is 31.9. The molecule has 9 heteroatoms. The van der Waals surface area contributed by atoms with Gasteiger partial charge in [0.25, 0.3) is 5.91 Å². The largest absolute Gasteiger partial charge is 0.444 e. The predicted octanol–water partition coefficient (Wildman–Crippen LogP) is 4.44. The maximum atomic E-state index is 14.2. The third-order valence-electron chi connectivity index (χ3n) is 6.31. The minimum absolute atomic E-state index is 0.0670. The van der Waals surface area contributed by atoms with Gasteiger partial charge in [-0.2, -0.15) is 0 Å². The number of nitrogens with two attached hydrogens (primary N) is 1. The summed E-state index contributed by atoms with van der Waals surface area (Å²) in [5.41, 5.74) is 7.17. The summed E-state index contributed by atoms with van der Waals surface area (Å²) >= 11 is 0. The Morgan fingerprint density at radius 1 is 1.07 bits per heavy atom. The molecule has 2 rings (SSSR count). The second-order valence-corrected chi connectivity index (χ2v) is 10.7. The summed E-state index contributed by atoms with van der Waals surface area (Å²) in [6.45, 7) is 10.7. The van der Waals surface area contributed by atoms with E-state index >= 15 is 0 Å². The van der Waals surface area contributed by atoms with Gasteiger partial charge in [-0.15, -0.1) is 6.42 Å². The molecule has 0 aromatic heterocycles. The highest BCUT2D eigenvalue weighted by Crippen LogP contribution is 2.29. The van der Waals surface area contributed by atoms with Gasteiger partial charge in [0.2, 0.25) is 11.8 Å². The number of hydrogen-bond acceptors (Lipinski definition) is 5. The second-order valence-electron chi connectivity index (χ2n) is 10.7. The number of carbonyl (C=O) groups excluding carboxylic acids is 4. The zero-order valence-corrected chi connectivity index (χ0v) is 24.1. The summed E-state index contributed by atoms with van der Waals surface area (Å²) in [5, 5.41) is 5.55. The van der Waals surface area contributed by atoms with Crippen LogP contribution in [-0.4, -0.2) is 46.4 Å². The van der Waals surface area contributed by atoms with Gasteiger partial charge in [-0.25, -0.2) is 4.79 Å². The third kappa shape index (κ3) is 9.16. The van der Waals surface area contributed by atoms with Crippen LogP contribution in [0.5, 0.6) is 0 Å². The number of hydrogen-bond donors (Lipinski definition) is 3. The normalized spacial score (nSPS) is 13.2. The van der Waals surface area contributed by atoms with Crippen molar-refractivity contribution in [1.29, 1.82) is 0 Å². The molecule has 0 heterocycles. The quantitative estimate of drug-likeness (QED) is 0.357. The van der Waals surface area contributed by atoms with Crippen molar-refractivity contribution in [3.8, 4) is 12.3 Å². The van der Waals surface area contributed by atoms with E-state index in [1.807, 2.05) is 39.0 Å². The molecular weight excluding hydrogens is 508 g/mol. The van der Waals surface area contributed by atoms with Crippen LogP contribution in [0.1, 0.15) is 76.6 Å². The summed E-state index contributed by atoms with van der Waals surface area (Å²) in [4.78, 5) is 53.9. The highest BCUT2D eigenvalue weighted by molar-refractivity contribution is 5.99. The molecule has 0 aliphatic heterocycles. The third-order valence-corrected chi connectivity index (χ3v) is 6.31. The van der Waals surface area contributed by atoms with Crippen LogP contribution in [-0.2, 0) is 19.1 Å². The molecule has 9 nitrogen and oxygen atoms in total. The Labute approximate surface area is 236 Å². The van der Waals surface area contributed by atoms with Crippen molar-refractivity contribution >= 4 is 29.5 Å². The van der Waals surface area contributed by atoms with Crippen molar-refractivity contribution < 1.29 is 23.9 Å². The van der Waals surface area contributed by atoms with Gasteiger partial charge >= 0.3 is 6.09 Å². The number of amides is 4. The van der Waals surface area contributed by atoms with Crippen molar-refractivity contribution in [2.24, 2.45) is 5.73 Å². The molecule has 0 saturated heterocycles. The Bertz CT molecular complexity index is 1240. The summed E-state index contributed by atoms with van der Waals surface area (Å²) in [6.07, 6.45) is 5.00. The van der Waals surface area contributed by atoms with E-state index in [-0.39, 0.29) is 12.8 Å². The summed E-state index contributed by atoms with van der Waals surface area (Å²) in [6, 6.07) is 11.5. The first-order valence-corrected chi connectivity index (χ1v) is 13.3. The maximum absolute atomic E-state index is 14.2. The molecule has 2 aromatic rings. The minimum atomic E-state index is -1.17. The Morgan fingerprint density at radius 3 is 2.23 bits per heavy atom. The van der Waals surface area contributed by atoms with Gasteiger partial charge in [-0.05, 0) is 76.8 Å². The fourth-order valence-electron chi connectivity index (χ4n) is 4.08. The van der Waals surface area contributed by atoms with E-state index in [1.54, 1.807) is 51.1 Å². The molecule has 0 bridgehead atoms. The molecule has 214 valence electrons. The summed E-state index contributed by atoms with van der Waals surface area (Å²) < 4.78 is 5.37. The number of primary amides is 1. The van der Waals surface area contributed by atoms with Crippen LogP contribution in [0.25, 0.3) is 0 Å². The minimum Gasteiger partial charge on any atom is -0.444 e. The number of benzene rings is 2. The molecule has 3 atom stereocenters. The SMILES string of the molecule is C#Cc1ccc(C(C(=O)Nc2ccccc2C)N(C(=O)C(CCC(N)=O)NC(=O)OC(C)(C)C)C(C)CC)cc1. The van der Waals surface area contributed by atoms with Gasteiger partial charge in [-0.1, -0.05) is 43.2 Å². The Kier molecular flexibility index (Phi) is 11.3. The van der Waals surface area contributed by atoms with Crippen LogP contribution in [0.2, 0.25) is 0 Å². The summed E-state index contributed by atoms with van der Waals surface area (Å²) in [5.74, 6) is 0.937. The van der Waals surface area contributed by atoms with Gasteiger partial charge in [0.1, 0.15) is 17.7 Å². The molecule has 0 aliphatic rings. The number of carbonyl (C=O) groups is 4. The molecule has 0 spiro atoms. The smallest absolute Gasteiger partial charge is 0.408 e. The topological polar surface area (TPSA) is 131 Å². The Balaban J connectivity index is 2.60. The van der Waals surface area contributed by atoms with Crippen LogP contribution >= 0.6 is 0 Å². The molecular formula is C31H40N4O5. The lowest BCUT2D eigenvalue weighted by Gasteiger charge is -2.38. The Morgan fingerprint density at radius 2 is 1.70 bits per heavy atom. The van der Waals surface area contributed by atoms with Crippen molar-refractivity contribution in [1.82, 2.24) is 10.2 Å². The van der Waals surface area contributed by atoms with E-state index < -0.39 is 47.5 Å². The molecule has 4 amide bonds. The van der Waals surface area contributed by atoms with Gasteiger partial charge in [0, 0.05) is 23.7 Å².